The minimum Gasteiger partial charge on any atom is -0.486 e. The molecule has 23 heavy (non-hydrogen) atoms. The monoisotopic (exact) mass is 310 g/mol. The molecule has 0 radical (unpaired) electrons. The Kier molecular flexibility index (Phi) is 4.16. The number of benzene rings is 1. The van der Waals surface area contributed by atoms with Crippen molar-refractivity contribution >= 4 is 0 Å². The zero-order valence-electron chi connectivity index (χ0n) is 13.3. The molecule has 0 spiro atoms. The molecule has 1 fully saturated rings. The van der Waals surface area contributed by atoms with Crippen molar-refractivity contribution in [1.82, 2.24) is 9.88 Å². The maximum absolute atomic E-state index is 5.71. The van der Waals surface area contributed by atoms with Gasteiger partial charge in [0.05, 0.1) is 0 Å². The second kappa shape index (κ2) is 6.59. The fourth-order valence-electron chi connectivity index (χ4n) is 3.55. The first-order valence-corrected chi connectivity index (χ1v) is 8.43. The summed E-state index contributed by atoms with van der Waals surface area (Å²) in [5, 5.41) is 0. The van der Waals surface area contributed by atoms with E-state index in [1.807, 2.05) is 24.5 Å². The van der Waals surface area contributed by atoms with Gasteiger partial charge in [-0.25, -0.2) is 0 Å². The van der Waals surface area contributed by atoms with E-state index >= 15 is 0 Å². The van der Waals surface area contributed by atoms with Crippen LogP contribution in [0.25, 0.3) is 0 Å². The van der Waals surface area contributed by atoms with Crippen molar-refractivity contribution < 1.29 is 9.47 Å². The maximum atomic E-state index is 5.71. The Morgan fingerprint density at radius 1 is 1.09 bits per heavy atom. The Balaban J connectivity index is 1.54. The second-order valence-corrected chi connectivity index (χ2v) is 6.25. The molecule has 120 valence electrons. The number of nitrogens with zero attached hydrogens (tertiary/aromatic N) is 2. The summed E-state index contributed by atoms with van der Waals surface area (Å²) in [4.78, 5) is 6.86. The molecule has 0 saturated carbocycles. The van der Waals surface area contributed by atoms with E-state index in [9.17, 15) is 0 Å². The van der Waals surface area contributed by atoms with Gasteiger partial charge in [0.25, 0.3) is 0 Å². The van der Waals surface area contributed by atoms with Gasteiger partial charge in [-0.2, -0.15) is 0 Å². The van der Waals surface area contributed by atoms with Crippen LogP contribution in [0.3, 0.4) is 0 Å². The third-order valence-corrected chi connectivity index (χ3v) is 4.68. The lowest BCUT2D eigenvalue weighted by atomic mass is 9.95. The summed E-state index contributed by atoms with van der Waals surface area (Å²) in [5.74, 6) is 1.74. The molecule has 3 heterocycles. The number of hydrogen-bond donors (Lipinski definition) is 0. The van der Waals surface area contributed by atoms with E-state index < -0.39 is 0 Å². The smallest absolute Gasteiger partial charge is 0.161 e. The molecule has 0 unspecified atom stereocenters. The van der Waals surface area contributed by atoms with E-state index in [0.717, 1.165) is 24.6 Å². The van der Waals surface area contributed by atoms with Gasteiger partial charge in [-0.15, -0.1) is 0 Å². The number of pyridine rings is 1. The Labute approximate surface area is 137 Å². The number of rotatable bonds is 3. The quantitative estimate of drug-likeness (QED) is 0.868. The Bertz CT molecular complexity index is 660. The molecule has 2 aliphatic heterocycles. The summed E-state index contributed by atoms with van der Waals surface area (Å²) in [6.45, 7) is 3.35. The Hall–Kier alpha value is -2.07. The van der Waals surface area contributed by atoms with Crippen molar-refractivity contribution in [3.63, 3.8) is 0 Å². The fourth-order valence-corrected chi connectivity index (χ4v) is 3.55. The van der Waals surface area contributed by atoms with Crippen molar-refractivity contribution in [2.24, 2.45) is 0 Å². The van der Waals surface area contributed by atoms with Crippen LogP contribution in [0, 0.1) is 0 Å². The zero-order valence-corrected chi connectivity index (χ0v) is 13.3. The van der Waals surface area contributed by atoms with Gasteiger partial charge < -0.3 is 9.47 Å². The average Bonchev–Trinajstić information content (AvgIpc) is 2.63. The molecule has 0 N–H and O–H groups in total. The number of aromatic nitrogens is 1. The van der Waals surface area contributed by atoms with Crippen molar-refractivity contribution in [2.75, 3.05) is 19.8 Å². The molecule has 1 atom stereocenters. The molecule has 0 bridgehead atoms. The first-order valence-electron chi connectivity index (χ1n) is 8.43. The predicted octanol–water partition coefficient (Wildman–Crippen LogP) is 3.58. The Morgan fingerprint density at radius 3 is 2.87 bits per heavy atom. The van der Waals surface area contributed by atoms with Gasteiger partial charge in [0, 0.05) is 25.0 Å². The summed E-state index contributed by atoms with van der Waals surface area (Å²) in [7, 11) is 0. The van der Waals surface area contributed by atoms with Crippen LogP contribution in [0.2, 0.25) is 0 Å². The van der Waals surface area contributed by atoms with Crippen LogP contribution in [-0.2, 0) is 6.54 Å². The summed E-state index contributed by atoms with van der Waals surface area (Å²) in [5.41, 5.74) is 2.61. The lowest BCUT2D eigenvalue weighted by Crippen LogP contribution is -2.33. The van der Waals surface area contributed by atoms with E-state index in [1.165, 1.54) is 30.4 Å². The number of likely N-dealkylation sites (tertiary alicyclic amines) is 1. The van der Waals surface area contributed by atoms with Gasteiger partial charge in [-0.1, -0.05) is 18.6 Å². The van der Waals surface area contributed by atoms with Crippen LogP contribution in [0.5, 0.6) is 11.5 Å². The maximum Gasteiger partial charge on any atom is 0.161 e. The molecule has 1 aromatic carbocycles. The summed E-state index contributed by atoms with van der Waals surface area (Å²) in [6.07, 6.45) is 7.61. The largest absolute Gasteiger partial charge is 0.486 e. The normalized spacial score (nSPS) is 21.1. The van der Waals surface area contributed by atoms with Gasteiger partial charge in [0.2, 0.25) is 0 Å². The van der Waals surface area contributed by atoms with Gasteiger partial charge in [-0.05, 0) is 48.7 Å². The predicted molar refractivity (Wildman–Crippen MR) is 88.7 cm³/mol. The second-order valence-electron chi connectivity index (χ2n) is 6.25. The summed E-state index contributed by atoms with van der Waals surface area (Å²) < 4.78 is 11.3. The molecule has 4 heteroatoms. The summed E-state index contributed by atoms with van der Waals surface area (Å²) >= 11 is 0. The number of ether oxygens (including phenoxy) is 2. The van der Waals surface area contributed by atoms with Crippen LogP contribution >= 0.6 is 0 Å². The van der Waals surface area contributed by atoms with E-state index in [0.29, 0.717) is 19.3 Å². The number of hydrogen-bond acceptors (Lipinski definition) is 4. The van der Waals surface area contributed by atoms with Gasteiger partial charge in [-0.3, -0.25) is 9.88 Å². The molecule has 4 rings (SSSR count). The third kappa shape index (κ3) is 3.17. The molecule has 2 aliphatic rings. The van der Waals surface area contributed by atoms with E-state index in [-0.39, 0.29) is 0 Å². The number of fused-ring (bicyclic) bond motifs is 1. The van der Waals surface area contributed by atoms with E-state index in [2.05, 4.69) is 28.1 Å². The molecule has 1 aromatic heterocycles. The van der Waals surface area contributed by atoms with Crippen molar-refractivity contribution in [3.8, 4) is 11.5 Å². The minimum atomic E-state index is 0.464. The molecular weight excluding hydrogens is 288 g/mol. The van der Waals surface area contributed by atoms with Gasteiger partial charge in [0.1, 0.15) is 13.2 Å². The van der Waals surface area contributed by atoms with Crippen LogP contribution in [0.1, 0.15) is 36.4 Å². The highest BCUT2D eigenvalue weighted by Gasteiger charge is 2.24. The molecule has 2 aromatic rings. The van der Waals surface area contributed by atoms with Crippen LogP contribution in [-0.4, -0.2) is 29.6 Å². The standard InChI is InChI=1S/C19H22N2O2/c1-2-9-21(17(5-1)16-4-3-8-20-13-16)14-15-6-7-18-19(12-15)23-11-10-22-18/h3-4,6-8,12-13,17H,1-2,5,9-11,14H2/t17-/m0/s1. The van der Waals surface area contributed by atoms with E-state index in [4.69, 9.17) is 9.47 Å². The lowest BCUT2D eigenvalue weighted by molar-refractivity contribution is 0.139. The number of piperidine rings is 1. The molecular formula is C19H22N2O2. The molecule has 1 saturated heterocycles. The van der Waals surface area contributed by atoms with Crippen LogP contribution in [0.15, 0.2) is 42.7 Å². The van der Waals surface area contributed by atoms with Crippen molar-refractivity contribution in [2.45, 2.75) is 31.8 Å². The molecule has 0 amide bonds. The lowest BCUT2D eigenvalue weighted by Gasteiger charge is -2.36. The van der Waals surface area contributed by atoms with Crippen molar-refractivity contribution in [3.05, 3.63) is 53.9 Å². The highest BCUT2D eigenvalue weighted by Crippen LogP contribution is 2.34. The van der Waals surface area contributed by atoms with Crippen LogP contribution < -0.4 is 9.47 Å². The topological polar surface area (TPSA) is 34.6 Å². The molecule has 0 aliphatic carbocycles. The highest BCUT2D eigenvalue weighted by molar-refractivity contribution is 5.43. The third-order valence-electron chi connectivity index (χ3n) is 4.68. The molecule has 4 nitrogen and oxygen atoms in total. The van der Waals surface area contributed by atoms with Crippen LogP contribution in [0.4, 0.5) is 0 Å². The average molecular weight is 310 g/mol. The van der Waals surface area contributed by atoms with Crippen molar-refractivity contribution in [1.29, 1.82) is 0 Å². The summed E-state index contributed by atoms with van der Waals surface area (Å²) in [6, 6.07) is 11.0. The minimum absolute atomic E-state index is 0.464. The van der Waals surface area contributed by atoms with E-state index in [1.54, 1.807) is 0 Å². The Morgan fingerprint density at radius 2 is 2.00 bits per heavy atom. The SMILES string of the molecule is c1cncc([C@@H]2CCCCN2Cc2ccc3c(c2)OCCO3)c1. The van der Waals surface area contributed by atoms with Gasteiger partial charge >= 0.3 is 0 Å². The van der Waals surface area contributed by atoms with Gasteiger partial charge in [0.15, 0.2) is 11.5 Å². The highest BCUT2D eigenvalue weighted by atomic mass is 16.6. The zero-order chi connectivity index (χ0) is 15.5. The first kappa shape index (κ1) is 14.5. The fraction of sp³-hybridized carbons (Fsp3) is 0.421. The first-order chi connectivity index (χ1) is 11.4.